The van der Waals surface area contributed by atoms with Gasteiger partial charge in [0.2, 0.25) is 5.91 Å². The Morgan fingerprint density at radius 3 is 2.07 bits per heavy atom. The number of amides is 1. The maximum Gasteiger partial charge on any atom is 0.321 e. The van der Waals surface area contributed by atoms with Crippen LogP contribution in [0.5, 0.6) is 0 Å². The van der Waals surface area contributed by atoms with Gasteiger partial charge in [-0.15, -0.1) is 0 Å². The average molecular weight is 425 g/mol. The standard InChI is InChI=1S/C18H23N3O7S/c1-6-28-15(22)9-29(26,27)14-8-13-12(7-11(14)19-16(23)10(2)3)20(4)17(24)18(25)21(13)5/h7-8,10H,6,9H2,1-5H3,(H,19,23). The number of sulfone groups is 1. The summed E-state index contributed by atoms with van der Waals surface area (Å²) >= 11 is 0. The summed E-state index contributed by atoms with van der Waals surface area (Å²) in [7, 11) is -1.52. The van der Waals surface area contributed by atoms with Crippen molar-refractivity contribution in [2.45, 2.75) is 25.7 Å². The third-order valence-corrected chi connectivity index (χ3v) is 5.95. The van der Waals surface area contributed by atoms with Gasteiger partial charge >= 0.3 is 17.1 Å². The van der Waals surface area contributed by atoms with Crippen LogP contribution in [0.1, 0.15) is 20.8 Å². The molecule has 1 aromatic carbocycles. The number of nitrogens with zero attached hydrogens (tertiary/aromatic N) is 2. The van der Waals surface area contributed by atoms with E-state index in [1.54, 1.807) is 20.8 Å². The number of nitrogens with one attached hydrogen (secondary N) is 1. The molecule has 0 unspecified atom stereocenters. The molecule has 0 aliphatic carbocycles. The van der Waals surface area contributed by atoms with Crippen LogP contribution in [0.2, 0.25) is 0 Å². The summed E-state index contributed by atoms with van der Waals surface area (Å²) in [6.07, 6.45) is 0. The highest BCUT2D eigenvalue weighted by molar-refractivity contribution is 7.92. The van der Waals surface area contributed by atoms with Crippen molar-refractivity contribution in [2.75, 3.05) is 17.7 Å². The first-order chi connectivity index (χ1) is 13.4. The van der Waals surface area contributed by atoms with Crippen molar-refractivity contribution in [2.24, 2.45) is 20.0 Å². The lowest BCUT2D eigenvalue weighted by atomic mass is 10.2. The Hall–Kier alpha value is -2.95. The van der Waals surface area contributed by atoms with Crippen LogP contribution in [0, 0.1) is 5.92 Å². The summed E-state index contributed by atoms with van der Waals surface area (Å²) in [5.41, 5.74) is -1.33. The quantitative estimate of drug-likeness (QED) is 0.515. The zero-order valence-corrected chi connectivity index (χ0v) is 17.6. The molecule has 0 spiro atoms. The van der Waals surface area contributed by atoms with Gasteiger partial charge in [-0.25, -0.2) is 8.42 Å². The van der Waals surface area contributed by atoms with Crippen molar-refractivity contribution in [1.29, 1.82) is 0 Å². The zero-order chi connectivity index (χ0) is 22.1. The molecule has 158 valence electrons. The zero-order valence-electron chi connectivity index (χ0n) is 16.8. The number of esters is 1. The predicted octanol–water partition coefficient (Wildman–Crippen LogP) is 0.169. The fourth-order valence-electron chi connectivity index (χ4n) is 2.67. The Bertz CT molecular complexity index is 1210. The van der Waals surface area contributed by atoms with Crippen molar-refractivity contribution >= 4 is 38.4 Å². The van der Waals surface area contributed by atoms with E-state index in [-0.39, 0.29) is 28.2 Å². The number of anilines is 1. The summed E-state index contributed by atoms with van der Waals surface area (Å²) in [5.74, 6) is -2.78. The van der Waals surface area contributed by atoms with E-state index < -0.39 is 44.5 Å². The molecule has 0 saturated heterocycles. The fourth-order valence-corrected chi connectivity index (χ4v) is 3.95. The van der Waals surface area contributed by atoms with Crippen molar-refractivity contribution < 1.29 is 22.7 Å². The normalized spacial score (nSPS) is 11.7. The minimum atomic E-state index is -4.22. The minimum absolute atomic E-state index is 0.0135. The molecule has 0 aliphatic heterocycles. The Balaban J connectivity index is 2.84. The minimum Gasteiger partial charge on any atom is -0.465 e. The van der Waals surface area contributed by atoms with Crippen molar-refractivity contribution in [1.82, 2.24) is 9.13 Å². The van der Waals surface area contributed by atoms with Crippen LogP contribution in [0.15, 0.2) is 26.6 Å². The molecule has 0 bridgehead atoms. The van der Waals surface area contributed by atoms with Gasteiger partial charge in [0, 0.05) is 20.0 Å². The first-order valence-corrected chi connectivity index (χ1v) is 10.5. The number of fused-ring (bicyclic) bond motifs is 1. The molecule has 10 nitrogen and oxygen atoms in total. The monoisotopic (exact) mass is 425 g/mol. The average Bonchev–Trinajstić information content (AvgIpc) is 2.63. The van der Waals surface area contributed by atoms with Gasteiger partial charge in [0.05, 0.1) is 28.2 Å². The second-order valence-corrected chi connectivity index (χ2v) is 8.73. The Labute approximate surface area is 167 Å². The number of carbonyl (C=O) groups is 2. The lowest BCUT2D eigenvalue weighted by Crippen LogP contribution is -2.39. The fraction of sp³-hybridized carbons (Fsp3) is 0.444. The van der Waals surface area contributed by atoms with E-state index in [0.29, 0.717) is 0 Å². The Morgan fingerprint density at radius 2 is 1.59 bits per heavy atom. The molecular formula is C18H23N3O7S. The second-order valence-electron chi connectivity index (χ2n) is 6.77. The van der Waals surface area contributed by atoms with E-state index in [2.05, 4.69) is 5.32 Å². The third kappa shape index (κ3) is 4.39. The highest BCUT2D eigenvalue weighted by atomic mass is 32.2. The molecule has 0 aliphatic rings. The number of hydrogen-bond donors (Lipinski definition) is 1. The molecule has 2 rings (SSSR count). The Kier molecular flexibility index (Phi) is 6.31. The van der Waals surface area contributed by atoms with Gasteiger partial charge < -0.3 is 19.2 Å². The molecule has 11 heteroatoms. The molecule has 1 aromatic heterocycles. The van der Waals surface area contributed by atoms with Crippen LogP contribution in [-0.4, -0.2) is 41.8 Å². The highest BCUT2D eigenvalue weighted by Gasteiger charge is 2.26. The van der Waals surface area contributed by atoms with Crippen LogP contribution < -0.4 is 16.4 Å². The number of aromatic nitrogens is 2. The van der Waals surface area contributed by atoms with Gasteiger partial charge in [0.1, 0.15) is 0 Å². The summed E-state index contributed by atoms with van der Waals surface area (Å²) in [5, 5.41) is 2.52. The smallest absolute Gasteiger partial charge is 0.321 e. The number of hydrogen-bond acceptors (Lipinski definition) is 7. The van der Waals surface area contributed by atoms with Crippen LogP contribution in [0.3, 0.4) is 0 Å². The maximum atomic E-state index is 12.9. The van der Waals surface area contributed by atoms with Crippen LogP contribution in [0.4, 0.5) is 5.69 Å². The molecule has 1 heterocycles. The largest absolute Gasteiger partial charge is 0.465 e. The van der Waals surface area contributed by atoms with Gasteiger partial charge in [-0.2, -0.15) is 0 Å². The molecule has 0 fully saturated rings. The van der Waals surface area contributed by atoms with Crippen LogP contribution >= 0.6 is 0 Å². The first-order valence-electron chi connectivity index (χ1n) is 8.83. The predicted molar refractivity (Wildman–Crippen MR) is 107 cm³/mol. The maximum absolute atomic E-state index is 12.9. The van der Waals surface area contributed by atoms with E-state index in [9.17, 15) is 27.6 Å². The Morgan fingerprint density at radius 1 is 1.07 bits per heavy atom. The number of aryl methyl sites for hydroxylation is 2. The van der Waals surface area contributed by atoms with E-state index in [0.717, 1.165) is 9.13 Å². The van der Waals surface area contributed by atoms with Gasteiger partial charge in [-0.3, -0.25) is 19.2 Å². The first kappa shape index (κ1) is 22.3. The third-order valence-electron chi connectivity index (χ3n) is 4.32. The van der Waals surface area contributed by atoms with Crippen LogP contribution in [-0.2, 0) is 38.3 Å². The summed E-state index contributed by atoms with van der Waals surface area (Å²) in [6, 6.07) is 2.47. The van der Waals surface area contributed by atoms with Crippen molar-refractivity contribution in [3.63, 3.8) is 0 Å². The van der Waals surface area contributed by atoms with E-state index in [1.807, 2.05) is 0 Å². The lowest BCUT2D eigenvalue weighted by Gasteiger charge is -2.17. The van der Waals surface area contributed by atoms with Gasteiger partial charge in [-0.05, 0) is 19.1 Å². The SMILES string of the molecule is CCOC(=O)CS(=O)(=O)c1cc2c(cc1NC(=O)C(C)C)n(C)c(=O)c(=O)n2C. The molecule has 1 amide bonds. The van der Waals surface area contributed by atoms with Gasteiger partial charge in [0.15, 0.2) is 15.6 Å². The number of ether oxygens (including phenoxy) is 1. The van der Waals surface area contributed by atoms with Crippen molar-refractivity contribution in [3.05, 3.63) is 32.8 Å². The molecule has 0 saturated carbocycles. The summed E-state index contributed by atoms with van der Waals surface area (Å²) in [4.78, 5) is 47.8. The van der Waals surface area contributed by atoms with Gasteiger partial charge in [-0.1, -0.05) is 13.8 Å². The molecule has 0 atom stereocenters. The molecule has 0 radical (unpaired) electrons. The molecule has 2 aromatic rings. The lowest BCUT2D eigenvalue weighted by molar-refractivity contribution is -0.140. The second kappa shape index (κ2) is 8.19. The van der Waals surface area contributed by atoms with Crippen molar-refractivity contribution in [3.8, 4) is 0 Å². The summed E-state index contributed by atoms with van der Waals surface area (Å²) in [6.45, 7) is 4.82. The summed E-state index contributed by atoms with van der Waals surface area (Å²) < 4.78 is 32.6. The van der Waals surface area contributed by atoms with E-state index in [4.69, 9.17) is 4.74 Å². The topological polar surface area (TPSA) is 134 Å². The number of carbonyl (C=O) groups excluding carboxylic acids is 2. The number of rotatable bonds is 6. The molecule has 1 N–H and O–H groups in total. The van der Waals surface area contributed by atoms with Gasteiger partial charge in [0.25, 0.3) is 0 Å². The van der Waals surface area contributed by atoms with E-state index >= 15 is 0 Å². The number of benzene rings is 1. The van der Waals surface area contributed by atoms with Crippen LogP contribution in [0.25, 0.3) is 11.0 Å². The molecule has 29 heavy (non-hydrogen) atoms. The molecular weight excluding hydrogens is 402 g/mol. The van der Waals surface area contributed by atoms with E-state index in [1.165, 1.54) is 26.2 Å². The highest BCUT2D eigenvalue weighted by Crippen LogP contribution is 2.28.